The third kappa shape index (κ3) is 4.64. The largest absolute Gasteiger partial charge is 0.487 e. The van der Waals surface area contributed by atoms with Crippen molar-refractivity contribution in [3.63, 3.8) is 0 Å². The number of para-hydroxylation sites is 1. The lowest BCUT2D eigenvalue weighted by Gasteiger charge is -2.16. The van der Waals surface area contributed by atoms with Crippen molar-refractivity contribution < 1.29 is 9.53 Å². The molecule has 0 bridgehead atoms. The Morgan fingerprint density at radius 1 is 1.20 bits per heavy atom. The number of guanidine groups is 1. The molecular weight excluding hydrogens is 340 g/mol. The zero-order chi connectivity index (χ0) is 17.6. The third-order valence-corrected chi connectivity index (χ3v) is 4.09. The number of nitrogens with zero attached hydrogens (tertiary/aromatic N) is 2. The van der Waals surface area contributed by atoms with Crippen LogP contribution in [0.15, 0.2) is 59.7 Å². The van der Waals surface area contributed by atoms with Gasteiger partial charge in [-0.25, -0.2) is 0 Å². The minimum atomic E-state index is -0.287. The summed E-state index contributed by atoms with van der Waals surface area (Å²) < 4.78 is 5.90. The number of hydrazone groups is 1. The van der Waals surface area contributed by atoms with Gasteiger partial charge in [-0.2, -0.15) is 0 Å². The Morgan fingerprint density at radius 2 is 1.92 bits per heavy atom. The molecule has 1 aliphatic rings. The quantitative estimate of drug-likeness (QED) is 0.650. The molecule has 3 rings (SSSR count). The number of hydrogen-bond acceptors (Lipinski definition) is 4. The topological polar surface area (TPSA) is 79.9 Å². The van der Waals surface area contributed by atoms with E-state index in [0.29, 0.717) is 29.4 Å². The number of benzene rings is 2. The second-order valence-electron chi connectivity index (χ2n) is 5.68. The summed E-state index contributed by atoms with van der Waals surface area (Å²) in [4.78, 5) is 12.0. The maximum Gasteiger partial charge on any atom is 0.257 e. The van der Waals surface area contributed by atoms with Crippen LogP contribution in [0, 0.1) is 0 Å². The highest BCUT2D eigenvalue weighted by molar-refractivity contribution is 6.32. The van der Waals surface area contributed by atoms with Crippen molar-refractivity contribution >= 4 is 23.5 Å². The fraction of sp³-hybridized carbons (Fsp3) is 0.222. The molecule has 1 amide bonds. The van der Waals surface area contributed by atoms with Crippen LogP contribution in [0.4, 0.5) is 0 Å². The van der Waals surface area contributed by atoms with Gasteiger partial charge in [-0.3, -0.25) is 15.1 Å². The number of amides is 1. The fourth-order valence-corrected chi connectivity index (χ4v) is 2.75. The highest BCUT2D eigenvalue weighted by Crippen LogP contribution is 2.26. The number of hydrogen-bond donors (Lipinski definition) is 2. The Hall–Kier alpha value is -2.73. The van der Waals surface area contributed by atoms with E-state index in [9.17, 15) is 4.79 Å². The van der Waals surface area contributed by atoms with Crippen LogP contribution in [0.2, 0.25) is 5.02 Å². The predicted octanol–water partition coefficient (Wildman–Crippen LogP) is 2.45. The zero-order valence-electron chi connectivity index (χ0n) is 13.6. The molecule has 0 radical (unpaired) electrons. The van der Waals surface area contributed by atoms with E-state index in [2.05, 4.69) is 10.4 Å². The number of carbonyl (C=O) groups is 1. The molecule has 1 saturated heterocycles. The lowest BCUT2D eigenvalue weighted by molar-refractivity contribution is 0.0976. The fourth-order valence-electron chi connectivity index (χ4n) is 2.57. The van der Waals surface area contributed by atoms with Gasteiger partial charge in [0.25, 0.3) is 5.91 Å². The van der Waals surface area contributed by atoms with E-state index in [1.807, 2.05) is 24.3 Å². The number of carbonyl (C=O) groups excluding carboxylic acids is 1. The van der Waals surface area contributed by atoms with Crippen molar-refractivity contribution in [3.8, 4) is 5.75 Å². The molecule has 7 heteroatoms. The van der Waals surface area contributed by atoms with E-state index in [1.54, 1.807) is 35.3 Å². The minimum absolute atomic E-state index is 0.0266. The van der Waals surface area contributed by atoms with Gasteiger partial charge < -0.3 is 10.5 Å². The molecule has 0 saturated carbocycles. The van der Waals surface area contributed by atoms with Gasteiger partial charge in [0.05, 0.1) is 11.6 Å². The van der Waals surface area contributed by atoms with Crippen LogP contribution in [-0.2, 0) is 0 Å². The van der Waals surface area contributed by atoms with Crippen molar-refractivity contribution in [1.82, 2.24) is 10.3 Å². The van der Waals surface area contributed by atoms with Gasteiger partial charge in [0.15, 0.2) is 0 Å². The Morgan fingerprint density at radius 3 is 2.68 bits per heavy atom. The van der Waals surface area contributed by atoms with E-state index < -0.39 is 0 Å². The van der Waals surface area contributed by atoms with Gasteiger partial charge in [0.2, 0.25) is 5.96 Å². The van der Waals surface area contributed by atoms with Gasteiger partial charge in [0, 0.05) is 18.5 Å². The number of halogens is 1. The molecule has 130 valence electrons. The maximum absolute atomic E-state index is 12.0. The first kappa shape index (κ1) is 17.1. The number of ether oxygens (including phenoxy) is 1. The second-order valence-corrected chi connectivity index (χ2v) is 6.08. The van der Waals surface area contributed by atoms with Crippen molar-refractivity contribution in [2.45, 2.75) is 12.5 Å². The maximum atomic E-state index is 12.0. The first-order valence-corrected chi connectivity index (χ1v) is 8.36. The molecule has 1 unspecified atom stereocenters. The van der Waals surface area contributed by atoms with E-state index in [-0.39, 0.29) is 18.0 Å². The van der Waals surface area contributed by atoms with E-state index in [1.165, 1.54) is 0 Å². The minimum Gasteiger partial charge on any atom is -0.487 e. The molecule has 1 heterocycles. The number of rotatable bonds is 4. The molecule has 3 N–H and O–H groups in total. The average Bonchev–Trinajstić information content (AvgIpc) is 3.04. The summed E-state index contributed by atoms with van der Waals surface area (Å²) in [5.74, 6) is 0.433. The molecule has 25 heavy (non-hydrogen) atoms. The van der Waals surface area contributed by atoms with Gasteiger partial charge in [-0.1, -0.05) is 41.9 Å². The molecule has 6 nitrogen and oxygen atoms in total. The van der Waals surface area contributed by atoms with E-state index in [4.69, 9.17) is 22.1 Å². The third-order valence-electron chi connectivity index (χ3n) is 3.78. The number of nitrogens with one attached hydrogen (secondary N) is 1. The number of nitrogens with two attached hydrogens (primary N) is 1. The Bertz CT molecular complexity index is 767. The van der Waals surface area contributed by atoms with Crippen LogP contribution in [0.3, 0.4) is 0 Å². The van der Waals surface area contributed by atoms with Crippen LogP contribution in [0.1, 0.15) is 16.8 Å². The molecule has 0 spiro atoms. The van der Waals surface area contributed by atoms with Gasteiger partial charge in [0.1, 0.15) is 11.9 Å². The highest BCUT2D eigenvalue weighted by atomic mass is 35.5. The molecule has 2 aromatic carbocycles. The van der Waals surface area contributed by atoms with Gasteiger partial charge in [-0.15, -0.1) is 5.10 Å². The SMILES string of the molecule is NC(=NN1CCC(Oc2ccccc2Cl)C1)NC(=O)c1ccccc1. The zero-order valence-corrected chi connectivity index (χ0v) is 14.3. The van der Waals surface area contributed by atoms with E-state index in [0.717, 1.165) is 6.42 Å². The normalized spacial score (nSPS) is 17.4. The van der Waals surface area contributed by atoms with Crippen molar-refractivity contribution in [2.75, 3.05) is 13.1 Å². The molecule has 1 fully saturated rings. The van der Waals surface area contributed by atoms with E-state index >= 15 is 0 Å². The molecule has 0 aliphatic carbocycles. The first-order chi connectivity index (χ1) is 12.1. The highest BCUT2D eigenvalue weighted by Gasteiger charge is 2.24. The molecule has 1 aliphatic heterocycles. The summed E-state index contributed by atoms with van der Waals surface area (Å²) >= 11 is 6.11. The Labute approximate surface area is 151 Å². The molecule has 1 atom stereocenters. The van der Waals surface area contributed by atoms with Crippen LogP contribution in [-0.4, -0.2) is 36.1 Å². The van der Waals surface area contributed by atoms with Crippen LogP contribution >= 0.6 is 11.6 Å². The summed E-state index contributed by atoms with van der Waals surface area (Å²) in [5, 5.41) is 9.18. The monoisotopic (exact) mass is 358 g/mol. The summed E-state index contributed by atoms with van der Waals surface area (Å²) in [6, 6.07) is 16.2. The van der Waals surface area contributed by atoms with Gasteiger partial charge in [-0.05, 0) is 24.3 Å². The van der Waals surface area contributed by atoms with Crippen molar-refractivity contribution in [3.05, 3.63) is 65.2 Å². The summed E-state index contributed by atoms with van der Waals surface area (Å²) in [6.07, 6.45) is 0.774. The summed E-state index contributed by atoms with van der Waals surface area (Å²) in [7, 11) is 0. The molecule has 2 aromatic rings. The Balaban J connectivity index is 1.54. The van der Waals surface area contributed by atoms with Crippen LogP contribution in [0.5, 0.6) is 5.75 Å². The lowest BCUT2D eigenvalue weighted by atomic mass is 10.2. The summed E-state index contributed by atoms with van der Waals surface area (Å²) in [5.41, 5.74) is 6.36. The average molecular weight is 359 g/mol. The first-order valence-electron chi connectivity index (χ1n) is 7.98. The standard InChI is InChI=1S/C18H19ClN4O2/c19-15-8-4-5-9-16(15)25-14-10-11-23(12-14)22-18(20)21-17(24)13-6-2-1-3-7-13/h1-9,14H,10-12H2,(H3,20,21,22,24). The van der Waals surface area contributed by atoms with Crippen molar-refractivity contribution in [2.24, 2.45) is 10.8 Å². The molecular formula is C18H19ClN4O2. The van der Waals surface area contributed by atoms with Gasteiger partial charge >= 0.3 is 0 Å². The van der Waals surface area contributed by atoms with Crippen molar-refractivity contribution in [1.29, 1.82) is 0 Å². The second kappa shape index (κ2) is 7.90. The predicted molar refractivity (Wildman–Crippen MR) is 97.6 cm³/mol. The van der Waals surface area contributed by atoms with Crippen LogP contribution in [0.25, 0.3) is 0 Å². The summed E-state index contributed by atoms with van der Waals surface area (Å²) in [6.45, 7) is 1.27. The molecule has 0 aromatic heterocycles. The van der Waals surface area contributed by atoms with Crippen LogP contribution < -0.4 is 15.8 Å². The Kier molecular flexibility index (Phi) is 5.40. The lowest BCUT2D eigenvalue weighted by Crippen LogP contribution is -2.38. The smallest absolute Gasteiger partial charge is 0.257 e.